The Morgan fingerprint density at radius 2 is 2.08 bits per heavy atom. The first-order valence-corrected chi connectivity index (χ1v) is 9.26. The molecule has 128 valence electrons. The smallest absolute Gasteiger partial charge is 0.220 e. The number of carbonyl (C=O) groups excluding carboxylic acids is 1. The Hall–Kier alpha value is -1.77. The molecule has 1 aromatic heterocycles. The van der Waals surface area contributed by atoms with E-state index in [9.17, 15) is 4.79 Å². The Bertz CT molecular complexity index is 775. The maximum Gasteiger partial charge on any atom is 0.220 e. The van der Waals surface area contributed by atoms with Crippen molar-refractivity contribution in [2.24, 2.45) is 16.7 Å². The second-order valence-electron chi connectivity index (χ2n) is 8.59. The molecule has 2 aliphatic rings. The lowest BCUT2D eigenvalue weighted by Crippen LogP contribution is -2.46. The minimum absolute atomic E-state index is 0.204. The zero-order valence-electron chi connectivity index (χ0n) is 15.0. The number of fused-ring (bicyclic) bond motifs is 3. The third-order valence-corrected chi connectivity index (χ3v) is 7.43. The molecule has 0 spiro atoms. The quantitative estimate of drug-likeness (QED) is 0.858. The first-order valence-electron chi connectivity index (χ1n) is 9.26. The van der Waals surface area contributed by atoms with Crippen LogP contribution in [0.3, 0.4) is 0 Å². The van der Waals surface area contributed by atoms with E-state index in [-0.39, 0.29) is 11.3 Å². The molecule has 2 fully saturated rings. The molecule has 3 unspecified atom stereocenters. The summed E-state index contributed by atoms with van der Waals surface area (Å²) in [6, 6.07) is 8.64. The van der Waals surface area contributed by atoms with E-state index >= 15 is 0 Å². The summed E-state index contributed by atoms with van der Waals surface area (Å²) in [5, 5.41) is 4.60. The second-order valence-corrected chi connectivity index (χ2v) is 8.59. The Morgan fingerprint density at radius 3 is 2.79 bits per heavy atom. The van der Waals surface area contributed by atoms with Crippen LogP contribution < -0.4 is 5.32 Å². The van der Waals surface area contributed by atoms with Crippen molar-refractivity contribution in [2.45, 2.75) is 58.9 Å². The van der Waals surface area contributed by atoms with Gasteiger partial charge in [0.05, 0.1) is 0 Å². The van der Waals surface area contributed by atoms with E-state index in [0.717, 1.165) is 24.3 Å². The van der Waals surface area contributed by atoms with Gasteiger partial charge in [0, 0.05) is 29.6 Å². The molecule has 2 saturated carbocycles. The van der Waals surface area contributed by atoms with Gasteiger partial charge in [-0.3, -0.25) is 4.79 Å². The molecule has 2 aromatic rings. The fraction of sp³-hybridized carbons (Fsp3) is 0.571. The largest absolute Gasteiger partial charge is 0.361 e. The van der Waals surface area contributed by atoms with Gasteiger partial charge in [-0.2, -0.15) is 0 Å². The summed E-state index contributed by atoms with van der Waals surface area (Å²) in [7, 11) is 0. The van der Waals surface area contributed by atoms with E-state index in [1.165, 1.54) is 23.8 Å². The van der Waals surface area contributed by atoms with E-state index in [4.69, 9.17) is 0 Å². The minimum atomic E-state index is 0.204. The number of hydrogen-bond acceptors (Lipinski definition) is 1. The van der Waals surface area contributed by atoms with Gasteiger partial charge in [-0.15, -0.1) is 0 Å². The van der Waals surface area contributed by atoms with Crippen molar-refractivity contribution in [1.29, 1.82) is 0 Å². The molecule has 2 bridgehead atoms. The van der Waals surface area contributed by atoms with Crippen molar-refractivity contribution in [3.63, 3.8) is 0 Å². The minimum Gasteiger partial charge on any atom is -0.361 e. The summed E-state index contributed by atoms with van der Waals surface area (Å²) < 4.78 is 0. The Kier molecular flexibility index (Phi) is 3.52. The molecular formula is C21H28N2O. The topological polar surface area (TPSA) is 44.9 Å². The van der Waals surface area contributed by atoms with Gasteiger partial charge in [0.15, 0.2) is 0 Å². The van der Waals surface area contributed by atoms with Crippen LogP contribution in [0.5, 0.6) is 0 Å². The Labute approximate surface area is 144 Å². The Morgan fingerprint density at radius 1 is 1.29 bits per heavy atom. The van der Waals surface area contributed by atoms with Crippen molar-refractivity contribution >= 4 is 16.8 Å². The lowest BCUT2D eigenvalue weighted by molar-refractivity contribution is -0.122. The maximum absolute atomic E-state index is 12.5. The van der Waals surface area contributed by atoms with E-state index in [1.54, 1.807) is 0 Å². The number of hydrogen-bond donors (Lipinski definition) is 2. The lowest BCUT2D eigenvalue weighted by Gasteiger charge is -2.39. The monoisotopic (exact) mass is 324 g/mol. The van der Waals surface area contributed by atoms with Crippen LogP contribution in [0.15, 0.2) is 30.5 Å². The molecule has 4 rings (SSSR count). The summed E-state index contributed by atoms with van der Waals surface area (Å²) in [5.74, 6) is 0.969. The van der Waals surface area contributed by atoms with Crippen molar-refractivity contribution in [3.05, 3.63) is 36.0 Å². The molecule has 1 amide bonds. The fourth-order valence-electron chi connectivity index (χ4n) is 5.28. The molecule has 24 heavy (non-hydrogen) atoms. The Balaban J connectivity index is 1.40. The summed E-state index contributed by atoms with van der Waals surface area (Å²) >= 11 is 0. The molecule has 2 aliphatic carbocycles. The van der Waals surface area contributed by atoms with Crippen molar-refractivity contribution in [1.82, 2.24) is 10.3 Å². The van der Waals surface area contributed by atoms with Crippen LogP contribution in [0.25, 0.3) is 10.9 Å². The van der Waals surface area contributed by atoms with Crippen LogP contribution in [0.2, 0.25) is 0 Å². The molecule has 3 heteroatoms. The van der Waals surface area contributed by atoms with Gasteiger partial charge >= 0.3 is 0 Å². The highest BCUT2D eigenvalue weighted by atomic mass is 16.1. The molecule has 3 nitrogen and oxygen atoms in total. The third kappa shape index (κ3) is 2.21. The number of rotatable bonds is 4. The average Bonchev–Trinajstić information content (AvgIpc) is 3.12. The van der Waals surface area contributed by atoms with Crippen molar-refractivity contribution in [2.75, 3.05) is 0 Å². The SMILES string of the molecule is CC1(C)C2CCC1(C)C(NC(=O)CCc1c[nH]c3ccccc13)C2. The molecule has 3 atom stereocenters. The van der Waals surface area contributed by atoms with E-state index in [1.807, 2.05) is 12.3 Å². The van der Waals surface area contributed by atoms with Crippen LogP contribution in [0.4, 0.5) is 0 Å². The molecule has 0 saturated heterocycles. The maximum atomic E-state index is 12.5. The number of H-pyrrole nitrogens is 1. The highest BCUT2D eigenvalue weighted by Crippen LogP contribution is 2.65. The molecule has 0 aliphatic heterocycles. The van der Waals surface area contributed by atoms with Gasteiger partial charge in [0.1, 0.15) is 0 Å². The van der Waals surface area contributed by atoms with E-state index < -0.39 is 0 Å². The molecule has 1 aromatic carbocycles. The molecular weight excluding hydrogens is 296 g/mol. The van der Waals surface area contributed by atoms with Gasteiger partial charge in [-0.05, 0) is 54.1 Å². The van der Waals surface area contributed by atoms with Crippen LogP contribution in [0, 0.1) is 16.7 Å². The summed E-state index contributed by atoms with van der Waals surface area (Å²) in [6.07, 6.45) is 7.14. The van der Waals surface area contributed by atoms with Crippen LogP contribution in [-0.4, -0.2) is 16.9 Å². The number of aromatic amines is 1. The van der Waals surface area contributed by atoms with Crippen LogP contribution >= 0.6 is 0 Å². The molecule has 1 heterocycles. The van der Waals surface area contributed by atoms with Gasteiger partial charge < -0.3 is 10.3 Å². The van der Waals surface area contributed by atoms with E-state index in [0.29, 0.717) is 17.9 Å². The van der Waals surface area contributed by atoms with Crippen molar-refractivity contribution in [3.8, 4) is 0 Å². The third-order valence-electron chi connectivity index (χ3n) is 7.43. The normalized spacial score (nSPS) is 30.8. The van der Waals surface area contributed by atoms with Crippen molar-refractivity contribution < 1.29 is 4.79 Å². The first-order chi connectivity index (χ1) is 11.4. The number of aromatic nitrogens is 1. The van der Waals surface area contributed by atoms with Gasteiger partial charge in [0.25, 0.3) is 0 Å². The number of carbonyl (C=O) groups is 1. The number of amides is 1. The highest BCUT2D eigenvalue weighted by molar-refractivity contribution is 5.84. The van der Waals surface area contributed by atoms with E-state index in [2.05, 4.69) is 49.3 Å². The van der Waals surface area contributed by atoms with Crippen LogP contribution in [0.1, 0.15) is 52.0 Å². The fourth-order valence-corrected chi connectivity index (χ4v) is 5.28. The number of para-hydroxylation sites is 1. The summed E-state index contributed by atoms with van der Waals surface area (Å²) in [4.78, 5) is 15.8. The zero-order valence-corrected chi connectivity index (χ0v) is 15.0. The number of benzene rings is 1. The van der Waals surface area contributed by atoms with Gasteiger partial charge in [-0.1, -0.05) is 39.0 Å². The molecule has 0 radical (unpaired) electrons. The van der Waals surface area contributed by atoms with Crippen LogP contribution in [-0.2, 0) is 11.2 Å². The van der Waals surface area contributed by atoms with Gasteiger partial charge in [0.2, 0.25) is 5.91 Å². The summed E-state index contributed by atoms with van der Waals surface area (Å²) in [6.45, 7) is 7.16. The highest BCUT2D eigenvalue weighted by Gasteiger charge is 2.61. The number of aryl methyl sites for hydroxylation is 1. The lowest BCUT2D eigenvalue weighted by atomic mass is 9.69. The first kappa shape index (κ1) is 15.7. The summed E-state index contributed by atoms with van der Waals surface area (Å²) in [5.41, 5.74) is 2.99. The zero-order chi connectivity index (χ0) is 16.9. The number of nitrogens with one attached hydrogen (secondary N) is 2. The second kappa shape index (κ2) is 5.37. The average molecular weight is 324 g/mol. The molecule has 2 N–H and O–H groups in total. The standard InChI is InChI=1S/C21H28N2O/c1-20(2)15-10-11-21(20,3)18(12-15)23-19(24)9-8-14-13-22-17-7-5-4-6-16(14)17/h4-7,13,15,18,22H,8-12H2,1-3H3,(H,23,24). The predicted octanol–water partition coefficient (Wildman–Crippen LogP) is 4.43. The van der Waals surface area contributed by atoms with Gasteiger partial charge in [-0.25, -0.2) is 0 Å². The predicted molar refractivity (Wildman–Crippen MR) is 97.8 cm³/mol.